The largest absolute Gasteiger partial charge is 0.322 e. The molecule has 0 fully saturated rings. The van der Waals surface area contributed by atoms with Crippen LogP contribution in [0.5, 0.6) is 0 Å². The highest BCUT2D eigenvalue weighted by atomic mass is 16.2. The maximum atomic E-state index is 12.0. The number of aryl methyl sites for hydroxylation is 1. The van der Waals surface area contributed by atoms with Gasteiger partial charge in [0, 0.05) is 18.8 Å². The van der Waals surface area contributed by atoms with Crippen LogP contribution in [0.25, 0.3) is 6.08 Å². The van der Waals surface area contributed by atoms with Crippen LogP contribution >= 0.6 is 0 Å². The van der Waals surface area contributed by atoms with Crippen molar-refractivity contribution >= 4 is 29.5 Å². The summed E-state index contributed by atoms with van der Waals surface area (Å²) in [5, 5.41) is 2.70. The molecule has 1 heterocycles. The molecule has 120 valence electrons. The molecule has 0 aromatic heterocycles. The third-order valence-corrected chi connectivity index (χ3v) is 3.83. The number of hydrogen-bond acceptors (Lipinski definition) is 3. The first kappa shape index (κ1) is 15.7. The summed E-state index contributed by atoms with van der Waals surface area (Å²) in [4.78, 5) is 36.9. The molecule has 3 amide bonds. The molecule has 0 spiro atoms. The zero-order valence-corrected chi connectivity index (χ0v) is 13.4. The quantitative estimate of drug-likeness (QED) is 0.698. The van der Waals surface area contributed by atoms with Crippen LogP contribution in [0.3, 0.4) is 0 Å². The summed E-state index contributed by atoms with van der Waals surface area (Å²) in [6, 6.07) is 12.5. The van der Waals surface area contributed by atoms with E-state index in [9.17, 15) is 14.4 Å². The standard InChI is InChI=1S/C19H16N2O3/c1-12-4-3-5-13(10-12)6-9-17(22)20-14-7-8-15-16(11-14)19(24)21(2)18(15)23/h3-11H,1-2H3,(H,20,22)/b9-6+. The summed E-state index contributed by atoms with van der Waals surface area (Å²) < 4.78 is 0. The number of carbonyl (C=O) groups is 3. The second-order valence-corrected chi connectivity index (χ2v) is 5.67. The van der Waals surface area contributed by atoms with Gasteiger partial charge in [-0.05, 0) is 36.8 Å². The molecule has 24 heavy (non-hydrogen) atoms. The Morgan fingerprint density at radius 1 is 1.04 bits per heavy atom. The number of anilines is 1. The van der Waals surface area contributed by atoms with Gasteiger partial charge in [0.1, 0.15) is 0 Å². The van der Waals surface area contributed by atoms with Gasteiger partial charge in [0.15, 0.2) is 0 Å². The second kappa shape index (κ2) is 6.12. The van der Waals surface area contributed by atoms with Crippen molar-refractivity contribution in [1.29, 1.82) is 0 Å². The number of benzene rings is 2. The number of amides is 3. The molecule has 0 aliphatic carbocycles. The van der Waals surface area contributed by atoms with Crippen molar-refractivity contribution in [2.45, 2.75) is 6.92 Å². The average molecular weight is 320 g/mol. The Hall–Kier alpha value is -3.21. The van der Waals surface area contributed by atoms with Gasteiger partial charge < -0.3 is 5.32 Å². The van der Waals surface area contributed by atoms with Crippen molar-refractivity contribution in [3.05, 3.63) is 70.8 Å². The van der Waals surface area contributed by atoms with Crippen LogP contribution in [-0.4, -0.2) is 29.7 Å². The highest BCUT2D eigenvalue weighted by Crippen LogP contribution is 2.24. The molecule has 2 aromatic rings. The third-order valence-electron chi connectivity index (χ3n) is 3.83. The van der Waals surface area contributed by atoms with E-state index in [-0.39, 0.29) is 17.7 Å². The summed E-state index contributed by atoms with van der Waals surface area (Å²) >= 11 is 0. The first-order chi connectivity index (χ1) is 11.5. The van der Waals surface area contributed by atoms with Crippen molar-refractivity contribution in [1.82, 2.24) is 4.90 Å². The van der Waals surface area contributed by atoms with E-state index >= 15 is 0 Å². The highest BCUT2D eigenvalue weighted by molar-refractivity contribution is 6.21. The molecule has 1 aliphatic rings. The minimum absolute atomic E-state index is 0.304. The summed E-state index contributed by atoms with van der Waals surface area (Å²) in [6.45, 7) is 1.98. The van der Waals surface area contributed by atoms with Gasteiger partial charge in [-0.1, -0.05) is 29.8 Å². The molecule has 0 saturated carbocycles. The van der Waals surface area contributed by atoms with Crippen LogP contribution in [-0.2, 0) is 4.79 Å². The molecule has 0 unspecified atom stereocenters. The number of rotatable bonds is 3. The molecule has 2 aromatic carbocycles. The fourth-order valence-electron chi connectivity index (χ4n) is 2.57. The van der Waals surface area contributed by atoms with E-state index in [2.05, 4.69) is 5.32 Å². The number of nitrogens with one attached hydrogen (secondary N) is 1. The normalized spacial score (nSPS) is 13.5. The molecule has 5 nitrogen and oxygen atoms in total. The van der Waals surface area contributed by atoms with Crippen LogP contribution in [0, 0.1) is 6.92 Å². The highest BCUT2D eigenvalue weighted by Gasteiger charge is 2.32. The minimum Gasteiger partial charge on any atom is -0.322 e. The van der Waals surface area contributed by atoms with Gasteiger partial charge in [-0.25, -0.2) is 0 Å². The Bertz CT molecular complexity index is 884. The summed E-state index contributed by atoms with van der Waals surface area (Å²) in [5.41, 5.74) is 3.19. The summed E-state index contributed by atoms with van der Waals surface area (Å²) in [5.74, 6) is -0.991. The van der Waals surface area contributed by atoms with E-state index in [4.69, 9.17) is 0 Å². The van der Waals surface area contributed by atoms with Crippen molar-refractivity contribution in [2.75, 3.05) is 12.4 Å². The Balaban J connectivity index is 1.74. The van der Waals surface area contributed by atoms with E-state index in [0.29, 0.717) is 16.8 Å². The minimum atomic E-state index is -0.360. The average Bonchev–Trinajstić information content (AvgIpc) is 2.77. The third kappa shape index (κ3) is 2.96. The van der Waals surface area contributed by atoms with E-state index in [0.717, 1.165) is 16.0 Å². The maximum absolute atomic E-state index is 12.0. The van der Waals surface area contributed by atoms with Crippen molar-refractivity contribution in [2.24, 2.45) is 0 Å². The van der Waals surface area contributed by atoms with Gasteiger partial charge >= 0.3 is 0 Å². The zero-order valence-electron chi connectivity index (χ0n) is 13.4. The topological polar surface area (TPSA) is 66.5 Å². The predicted octanol–water partition coefficient (Wildman–Crippen LogP) is 2.87. The molecule has 5 heteroatoms. The van der Waals surface area contributed by atoms with Crippen molar-refractivity contribution < 1.29 is 14.4 Å². The van der Waals surface area contributed by atoms with Gasteiger partial charge in [0.25, 0.3) is 11.8 Å². The molecule has 1 aliphatic heterocycles. The lowest BCUT2D eigenvalue weighted by Gasteiger charge is -2.04. The van der Waals surface area contributed by atoms with Crippen molar-refractivity contribution in [3.63, 3.8) is 0 Å². The molecular formula is C19H16N2O3. The Morgan fingerprint density at radius 2 is 1.79 bits per heavy atom. The number of hydrogen-bond donors (Lipinski definition) is 1. The molecule has 0 radical (unpaired) electrons. The monoisotopic (exact) mass is 320 g/mol. The van der Waals surface area contributed by atoms with Gasteiger partial charge in [0.05, 0.1) is 11.1 Å². The van der Waals surface area contributed by atoms with Crippen LogP contribution in [0.2, 0.25) is 0 Å². The predicted molar refractivity (Wildman–Crippen MR) is 91.7 cm³/mol. The molecule has 0 saturated heterocycles. The van der Waals surface area contributed by atoms with Crippen molar-refractivity contribution in [3.8, 4) is 0 Å². The SMILES string of the molecule is Cc1cccc(/C=C/C(=O)Nc2ccc3c(c2)C(=O)N(C)C3=O)c1. The van der Waals surface area contributed by atoms with E-state index in [1.54, 1.807) is 18.2 Å². The Kier molecular flexibility index (Phi) is 4.00. The van der Waals surface area contributed by atoms with E-state index in [1.165, 1.54) is 19.2 Å². The first-order valence-corrected chi connectivity index (χ1v) is 7.48. The lowest BCUT2D eigenvalue weighted by Crippen LogP contribution is -2.24. The number of fused-ring (bicyclic) bond motifs is 1. The molecule has 3 rings (SSSR count). The molecule has 0 atom stereocenters. The fourth-order valence-corrected chi connectivity index (χ4v) is 2.57. The molecule has 1 N–H and O–H groups in total. The lowest BCUT2D eigenvalue weighted by molar-refractivity contribution is -0.111. The summed E-state index contributed by atoms with van der Waals surface area (Å²) in [6.07, 6.45) is 3.15. The maximum Gasteiger partial charge on any atom is 0.261 e. The van der Waals surface area contributed by atoms with Crippen LogP contribution < -0.4 is 5.32 Å². The van der Waals surface area contributed by atoms with Crippen LogP contribution in [0.4, 0.5) is 5.69 Å². The lowest BCUT2D eigenvalue weighted by atomic mass is 10.1. The van der Waals surface area contributed by atoms with Crippen LogP contribution in [0.1, 0.15) is 31.8 Å². The van der Waals surface area contributed by atoms with Gasteiger partial charge in [-0.15, -0.1) is 0 Å². The Labute approximate surface area is 139 Å². The summed E-state index contributed by atoms with van der Waals surface area (Å²) in [7, 11) is 1.44. The van der Waals surface area contributed by atoms with E-state index in [1.807, 2.05) is 31.2 Å². The molecular weight excluding hydrogens is 304 g/mol. The smallest absolute Gasteiger partial charge is 0.261 e. The number of imide groups is 1. The zero-order chi connectivity index (χ0) is 17.3. The van der Waals surface area contributed by atoms with Gasteiger partial charge in [-0.3, -0.25) is 19.3 Å². The van der Waals surface area contributed by atoms with E-state index < -0.39 is 0 Å². The second-order valence-electron chi connectivity index (χ2n) is 5.67. The fraction of sp³-hybridized carbons (Fsp3) is 0.105. The van der Waals surface area contributed by atoms with Gasteiger partial charge in [0.2, 0.25) is 5.91 Å². The number of nitrogens with zero attached hydrogens (tertiary/aromatic N) is 1. The molecule has 0 bridgehead atoms. The van der Waals surface area contributed by atoms with Crippen LogP contribution in [0.15, 0.2) is 48.5 Å². The first-order valence-electron chi connectivity index (χ1n) is 7.48. The Morgan fingerprint density at radius 3 is 2.54 bits per heavy atom. The van der Waals surface area contributed by atoms with Gasteiger partial charge in [-0.2, -0.15) is 0 Å². The number of carbonyl (C=O) groups excluding carboxylic acids is 3.